The van der Waals surface area contributed by atoms with Crippen molar-refractivity contribution in [3.63, 3.8) is 0 Å². The van der Waals surface area contributed by atoms with Gasteiger partial charge >= 0.3 is 0 Å². The summed E-state index contributed by atoms with van der Waals surface area (Å²) in [6.45, 7) is 2.14. The molecule has 0 spiro atoms. The molecule has 1 aromatic rings. The van der Waals surface area contributed by atoms with Gasteiger partial charge in [0.1, 0.15) is 0 Å². The van der Waals surface area contributed by atoms with Gasteiger partial charge in [-0.25, -0.2) is 0 Å². The maximum atomic E-state index is 5.57. The van der Waals surface area contributed by atoms with Gasteiger partial charge < -0.3 is 4.74 Å². The van der Waals surface area contributed by atoms with Crippen LogP contribution in [0.2, 0.25) is 0 Å². The zero-order valence-electron chi connectivity index (χ0n) is 10.0. The minimum atomic E-state index is 0.111. The van der Waals surface area contributed by atoms with E-state index in [0.29, 0.717) is 0 Å². The van der Waals surface area contributed by atoms with Crippen LogP contribution in [0.15, 0.2) is 24.4 Å². The molecule has 1 rings (SSSR count). The average Bonchev–Trinajstić information content (AvgIpc) is 2.35. The molecule has 90 valence electrons. The van der Waals surface area contributed by atoms with Crippen molar-refractivity contribution in [2.45, 2.75) is 38.3 Å². The Morgan fingerprint density at radius 1 is 1.50 bits per heavy atom. The number of hydrazine groups is 1. The summed E-state index contributed by atoms with van der Waals surface area (Å²) < 4.78 is 5.45. The number of hydrogen-bond acceptors (Lipinski definition) is 4. The van der Waals surface area contributed by atoms with Gasteiger partial charge in [-0.3, -0.25) is 16.3 Å². The molecule has 0 saturated carbocycles. The Kier molecular flexibility index (Phi) is 6.00. The summed E-state index contributed by atoms with van der Waals surface area (Å²) in [4.78, 5) is 4.29. The van der Waals surface area contributed by atoms with Gasteiger partial charge in [-0.1, -0.05) is 19.4 Å². The molecule has 4 heteroatoms. The molecule has 0 aromatic carbocycles. The van der Waals surface area contributed by atoms with Gasteiger partial charge in [0.05, 0.1) is 12.1 Å². The number of methoxy groups -OCH3 is 1. The van der Waals surface area contributed by atoms with Crippen molar-refractivity contribution in [2.24, 2.45) is 5.84 Å². The van der Waals surface area contributed by atoms with Gasteiger partial charge in [0.25, 0.3) is 0 Å². The standard InChI is InChI=1S/C12H21N3O/c1-3-6-12(16-2)11(15-13)9-10-7-4-5-8-14-10/h4-5,7-8,11-12,15H,3,6,9,13H2,1-2H3. The Hall–Kier alpha value is -0.970. The molecule has 3 N–H and O–H groups in total. The lowest BCUT2D eigenvalue weighted by molar-refractivity contribution is 0.0606. The van der Waals surface area contributed by atoms with Crippen molar-refractivity contribution >= 4 is 0 Å². The van der Waals surface area contributed by atoms with E-state index in [1.165, 1.54) is 0 Å². The Balaban J connectivity index is 2.60. The molecule has 4 nitrogen and oxygen atoms in total. The van der Waals surface area contributed by atoms with Gasteiger partial charge in [-0.2, -0.15) is 0 Å². The zero-order valence-corrected chi connectivity index (χ0v) is 10.0. The summed E-state index contributed by atoms with van der Waals surface area (Å²) in [6.07, 6.45) is 4.80. The van der Waals surface area contributed by atoms with Crippen LogP contribution in [-0.4, -0.2) is 24.2 Å². The van der Waals surface area contributed by atoms with Crippen LogP contribution in [0.1, 0.15) is 25.5 Å². The Morgan fingerprint density at radius 3 is 2.81 bits per heavy atom. The third-order valence-corrected chi connectivity index (χ3v) is 2.69. The molecule has 1 aromatic heterocycles. The SMILES string of the molecule is CCCC(OC)C(Cc1ccccn1)NN. The summed E-state index contributed by atoms with van der Waals surface area (Å²) in [7, 11) is 1.73. The Labute approximate surface area is 97.2 Å². The summed E-state index contributed by atoms with van der Waals surface area (Å²) >= 11 is 0. The summed E-state index contributed by atoms with van der Waals surface area (Å²) in [5, 5.41) is 0. The Bertz CT molecular complexity index is 279. The normalized spacial score (nSPS) is 14.7. The quantitative estimate of drug-likeness (QED) is 0.540. The monoisotopic (exact) mass is 223 g/mol. The topological polar surface area (TPSA) is 60.2 Å². The van der Waals surface area contributed by atoms with E-state index in [0.717, 1.165) is 25.0 Å². The third-order valence-electron chi connectivity index (χ3n) is 2.69. The molecule has 0 amide bonds. The molecule has 0 bridgehead atoms. The molecule has 0 radical (unpaired) electrons. The second kappa shape index (κ2) is 7.33. The van der Waals surface area contributed by atoms with Crippen LogP contribution in [0.25, 0.3) is 0 Å². The summed E-state index contributed by atoms with van der Waals surface area (Å²) in [5.41, 5.74) is 3.85. The van der Waals surface area contributed by atoms with Crippen LogP contribution in [0, 0.1) is 0 Å². The number of nitrogens with zero attached hydrogens (tertiary/aromatic N) is 1. The molecule has 2 atom stereocenters. The average molecular weight is 223 g/mol. The van der Waals surface area contributed by atoms with E-state index in [9.17, 15) is 0 Å². The summed E-state index contributed by atoms with van der Waals surface area (Å²) in [6, 6.07) is 6.01. The van der Waals surface area contributed by atoms with E-state index in [2.05, 4.69) is 17.3 Å². The molecular formula is C12H21N3O. The lowest BCUT2D eigenvalue weighted by atomic mass is 10.0. The second-order valence-electron chi connectivity index (χ2n) is 3.86. The van der Waals surface area contributed by atoms with Gasteiger partial charge in [0.15, 0.2) is 0 Å². The van der Waals surface area contributed by atoms with Crippen LogP contribution in [-0.2, 0) is 11.2 Å². The highest BCUT2D eigenvalue weighted by Crippen LogP contribution is 2.10. The molecule has 0 aliphatic carbocycles. The first-order valence-corrected chi connectivity index (χ1v) is 5.70. The number of ether oxygens (including phenoxy) is 1. The van der Waals surface area contributed by atoms with Gasteiger partial charge in [0, 0.05) is 25.4 Å². The lowest BCUT2D eigenvalue weighted by Crippen LogP contribution is -2.46. The van der Waals surface area contributed by atoms with E-state index in [1.54, 1.807) is 13.3 Å². The van der Waals surface area contributed by atoms with Crippen LogP contribution in [0.4, 0.5) is 0 Å². The lowest BCUT2D eigenvalue weighted by Gasteiger charge is -2.24. The van der Waals surface area contributed by atoms with Crippen LogP contribution in [0.5, 0.6) is 0 Å². The van der Waals surface area contributed by atoms with E-state index >= 15 is 0 Å². The molecule has 0 aliphatic heterocycles. The molecule has 1 heterocycles. The Morgan fingerprint density at radius 2 is 2.31 bits per heavy atom. The highest BCUT2D eigenvalue weighted by molar-refractivity contribution is 5.05. The highest BCUT2D eigenvalue weighted by Gasteiger charge is 2.19. The van der Waals surface area contributed by atoms with Gasteiger partial charge in [-0.15, -0.1) is 0 Å². The van der Waals surface area contributed by atoms with Crippen molar-refractivity contribution in [3.8, 4) is 0 Å². The van der Waals surface area contributed by atoms with Crippen molar-refractivity contribution in [2.75, 3.05) is 7.11 Å². The van der Waals surface area contributed by atoms with E-state index in [4.69, 9.17) is 10.6 Å². The minimum Gasteiger partial charge on any atom is -0.380 e. The highest BCUT2D eigenvalue weighted by atomic mass is 16.5. The smallest absolute Gasteiger partial charge is 0.0741 e. The number of nitrogens with two attached hydrogens (primary N) is 1. The zero-order chi connectivity index (χ0) is 11.8. The third kappa shape index (κ3) is 3.89. The van der Waals surface area contributed by atoms with Gasteiger partial charge in [-0.05, 0) is 18.6 Å². The fraction of sp³-hybridized carbons (Fsp3) is 0.583. The molecule has 0 fully saturated rings. The van der Waals surface area contributed by atoms with E-state index < -0.39 is 0 Å². The minimum absolute atomic E-state index is 0.111. The van der Waals surface area contributed by atoms with Crippen LogP contribution >= 0.6 is 0 Å². The maximum Gasteiger partial charge on any atom is 0.0741 e. The second-order valence-corrected chi connectivity index (χ2v) is 3.86. The molecule has 2 unspecified atom stereocenters. The first kappa shape index (κ1) is 13.1. The number of pyridine rings is 1. The molecular weight excluding hydrogens is 202 g/mol. The fourth-order valence-electron chi connectivity index (χ4n) is 1.81. The van der Waals surface area contributed by atoms with Crippen molar-refractivity contribution in [1.82, 2.24) is 10.4 Å². The number of aromatic nitrogens is 1. The summed E-state index contributed by atoms with van der Waals surface area (Å²) in [5.74, 6) is 5.57. The first-order chi connectivity index (χ1) is 7.81. The first-order valence-electron chi connectivity index (χ1n) is 5.70. The molecule has 16 heavy (non-hydrogen) atoms. The largest absolute Gasteiger partial charge is 0.380 e. The van der Waals surface area contributed by atoms with Crippen molar-refractivity contribution in [1.29, 1.82) is 0 Å². The molecule has 0 saturated heterocycles. The number of hydrogen-bond donors (Lipinski definition) is 2. The van der Waals surface area contributed by atoms with Gasteiger partial charge in [0.2, 0.25) is 0 Å². The van der Waals surface area contributed by atoms with Crippen molar-refractivity contribution in [3.05, 3.63) is 30.1 Å². The van der Waals surface area contributed by atoms with E-state index in [1.807, 2.05) is 18.2 Å². The number of nitrogens with one attached hydrogen (secondary N) is 1. The fourth-order valence-corrected chi connectivity index (χ4v) is 1.81. The predicted octanol–water partition coefficient (Wildman–Crippen LogP) is 1.27. The van der Waals surface area contributed by atoms with Crippen LogP contribution in [0.3, 0.4) is 0 Å². The van der Waals surface area contributed by atoms with Crippen LogP contribution < -0.4 is 11.3 Å². The van der Waals surface area contributed by atoms with Crippen molar-refractivity contribution < 1.29 is 4.74 Å². The predicted molar refractivity (Wildman–Crippen MR) is 64.8 cm³/mol. The molecule has 0 aliphatic rings. The maximum absolute atomic E-state index is 5.57. The number of rotatable bonds is 7. The van der Waals surface area contributed by atoms with E-state index in [-0.39, 0.29) is 12.1 Å².